The van der Waals surface area contributed by atoms with Gasteiger partial charge in [-0.3, -0.25) is 9.59 Å². The van der Waals surface area contributed by atoms with Crippen molar-refractivity contribution in [1.29, 1.82) is 0 Å². The number of hydrogen-bond acceptors (Lipinski definition) is 3. The van der Waals surface area contributed by atoms with E-state index < -0.39 is 6.04 Å². The van der Waals surface area contributed by atoms with Gasteiger partial charge in [-0.05, 0) is 69.0 Å². The van der Waals surface area contributed by atoms with Crippen molar-refractivity contribution < 1.29 is 4.79 Å². The molecule has 0 fully saturated rings. The maximum Gasteiger partial charge on any atom is 0.267 e. The number of hydrogen-bond donors (Lipinski definition) is 1. The summed E-state index contributed by atoms with van der Waals surface area (Å²) < 4.78 is 1.24. The van der Waals surface area contributed by atoms with Crippen LogP contribution in [0.1, 0.15) is 35.2 Å². The molecule has 1 atom stereocenters. The Kier molecular flexibility index (Phi) is 5.45. The number of aromatic nitrogens is 2. The molecule has 0 aliphatic heterocycles. The van der Waals surface area contributed by atoms with E-state index in [1.165, 1.54) is 16.3 Å². The third-order valence-electron chi connectivity index (χ3n) is 5.10. The fraction of sp³-hybridized carbons (Fsp3) is 0.261. The molecular formula is C23H25N3O2. The molecule has 144 valence electrons. The molecule has 5 heteroatoms. The molecule has 5 nitrogen and oxygen atoms in total. The van der Waals surface area contributed by atoms with Crippen molar-refractivity contribution in [2.24, 2.45) is 0 Å². The van der Waals surface area contributed by atoms with Crippen LogP contribution in [0.3, 0.4) is 0 Å². The highest BCUT2D eigenvalue weighted by molar-refractivity contribution is 5.94. The summed E-state index contributed by atoms with van der Waals surface area (Å²) in [6.45, 7) is 9.65. The van der Waals surface area contributed by atoms with Gasteiger partial charge in [-0.15, -0.1) is 0 Å². The normalized spacial score (nSPS) is 11.9. The van der Waals surface area contributed by atoms with Crippen molar-refractivity contribution in [3.05, 3.63) is 81.1 Å². The zero-order valence-electron chi connectivity index (χ0n) is 16.9. The molecular weight excluding hydrogens is 350 g/mol. The number of carbonyl (C=O) groups excluding carboxylic acids is 1. The van der Waals surface area contributed by atoms with Crippen LogP contribution in [0.4, 0.5) is 5.69 Å². The molecule has 0 bridgehead atoms. The zero-order valence-corrected chi connectivity index (χ0v) is 16.9. The van der Waals surface area contributed by atoms with Crippen LogP contribution in [-0.2, 0) is 4.79 Å². The SMILES string of the molecule is Cc1ccc(-c2ccc(=O)n([C@@H](C)C(=O)Nc3c(C)cccc3C)n2)cc1C. The van der Waals surface area contributed by atoms with E-state index in [4.69, 9.17) is 0 Å². The van der Waals surface area contributed by atoms with E-state index >= 15 is 0 Å². The van der Waals surface area contributed by atoms with Crippen LogP contribution >= 0.6 is 0 Å². The maximum atomic E-state index is 12.8. The van der Waals surface area contributed by atoms with E-state index in [9.17, 15) is 9.59 Å². The molecule has 3 rings (SSSR count). The Labute approximate surface area is 165 Å². The van der Waals surface area contributed by atoms with Crippen molar-refractivity contribution in [2.75, 3.05) is 5.32 Å². The minimum atomic E-state index is -0.738. The highest BCUT2D eigenvalue weighted by Gasteiger charge is 2.19. The van der Waals surface area contributed by atoms with Crippen LogP contribution in [0, 0.1) is 27.7 Å². The van der Waals surface area contributed by atoms with E-state index in [1.807, 2.05) is 64.1 Å². The van der Waals surface area contributed by atoms with Crippen LogP contribution in [0.25, 0.3) is 11.3 Å². The molecule has 1 amide bonds. The number of amides is 1. The lowest BCUT2D eigenvalue weighted by Crippen LogP contribution is -2.33. The van der Waals surface area contributed by atoms with Crippen LogP contribution in [0.2, 0.25) is 0 Å². The molecule has 3 aromatic rings. The van der Waals surface area contributed by atoms with E-state index in [1.54, 1.807) is 13.0 Å². The van der Waals surface area contributed by atoms with E-state index in [2.05, 4.69) is 10.4 Å². The lowest BCUT2D eigenvalue weighted by molar-refractivity contribution is -0.119. The smallest absolute Gasteiger partial charge is 0.267 e. The van der Waals surface area contributed by atoms with Crippen LogP contribution < -0.4 is 10.9 Å². The number of nitrogens with zero attached hydrogens (tertiary/aromatic N) is 2. The molecule has 1 aromatic heterocycles. The lowest BCUT2D eigenvalue weighted by Gasteiger charge is -2.17. The molecule has 28 heavy (non-hydrogen) atoms. The van der Waals surface area contributed by atoms with Gasteiger partial charge < -0.3 is 5.32 Å². The Morgan fingerprint density at radius 1 is 0.929 bits per heavy atom. The monoisotopic (exact) mass is 375 g/mol. The van der Waals surface area contributed by atoms with Crippen LogP contribution in [0.5, 0.6) is 0 Å². The first-order valence-electron chi connectivity index (χ1n) is 9.32. The van der Waals surface area contributed by atoms with Crippen molar-refractivity contribution in [2.45, 2.75) is 40.7 Å². The van der Waals surface area contributed by atoms with Gasteiger partial charge in [0.25, 0.3) is 5.56 Å². The average molecular weight is 375 g/mol. The van der Waals surface area contributed by atoms with Crippen LogP contribution in [0.15, 0.2) is 53.3 Å². The predicted octanol–water partition coefficient (Wildman–Crippen LogP) is 4.34. The molecule has 0 unspecified atom stereocenters. The van der Waals surface area contributed by atoms with Gasteiger partial charge in [0, 0.05) is 17.3 Å². The number of aryl methyl sites for hydroxylation is 4. The summed E-state index contributed by atoms with van der Waals surface area (Å²) in [6.07, 6.45) is 0. The first-order valence-corrected chi connectivity index (χ1v) is 9.32. The third kappa shape index (κ3) is 3.88. The molecule has 0 saturated heterocycles. The topological polar surface area (TPSA) is 64.0 Å². The molecule has 2 aromatic carbocycles. The Morgan fingerprint density at radius 3 is 2.25 bits per heavy atom. The van der Waals surface area contributed by atoms with Gasteiger partial charge in [0.05, 0.1) is 5.69 Å². The zero-order chi connectivity index (χ0) is 20.4. The number of para-hydroxylation sites is 1. The number of rotatable bonds is 4. The molecule has 0 spiro atoms. The van der Waals surface area contributed by atoms with E-state index in [0.717, 1.165) is 27.9 Å². The quantitative estimate of drug-likeness (QED) is 0.738. The summed E-state index contributed by atoms with van der Waals surface area (Å²) in [4.78, 5) is 25.2. The van der Waals surface area contributed by atoms with E-state index in [0.29, 0.717) is 5.69 Å². The maximum absolute atomic E-state index is 12.8. The summed E-state index contributed by atoms with van der Waals surface area (Å²) in [6, 6.07) is 14.3. The highest BCUT2D eigenvalue weighted by atomic mass is 16.2. The van der Waals surface area contributed by atoms with Crippen molar-refractivity contribution in [1.82, 2.24) is 9.78 Å². The van der Waals surface area contributed by atoms with Gasteiger partial charge in [0.1, 0.15) is 6.04 Å². The predicted molar refractivity (Wildman–Crippen MR) is 113 cm³/mol. The molecule has 1 heterocycles. The summed E-state index contributed by atoms with van der Waals surface area (Å²) in [5.74, 6) is -0.274. The number of anilines is 1. The average Bonchev–Trinajstić information content (AvgIpc) is 2.67. The molecule has 1 N–H and O–H groups in total. The Balaban J connectivity index is 1.93. The number of benzene rings is 2. The summed E-state index contributed by atoms with van der Waals surface area (Å²) in [5, 5.41) is 7.41. The second-order valence-corrected chi connectivity index (χ2v) is 7.23. The molecule has 0 aliphatic carbocycles. The minimum Gasteiger partial charge on any atom is -0.324 e. The molecule has 0 aliphatic rings. The summed E-state index contributed by atoms with van der Waals surface area (Å²) in [7, 11) is 0. The second-order valence-electron chi connectivity index (χ2n) is 7.23. The highest BCUT2D eigenvalue weighted by Crippen LogP contribution is 2.22. The summed E-state index contributed by atoms with van der Waals surface area (Å²) in [5.41, 5.74) is 6.34. The fourth-order valence-electron chi connectivity index (χ4n) is 3.11. The Bertz CT molecular complexity index is 1080. The Hall–Kier alpha value is -3.21. The first-order chi connectivity index (χ1) is 13.3. The largest absolute Gasteiger partial charge is 0.324 e. The van der Waals surface area contributed by atoms with E-state index in [-0.39, 0.29) is 11.5 Å². The number of nitrogens with one attached hydrogen (secondary N) is 1. The van der Waals surface area contributed by atoms with Crippen molar-refractivity contribution in [3.8, 4) is 11.3 Å². The van der Waals surface area contributed by atoms with Gasteiger partial charge >= 0.3 is 0 Å². The van der Waals surface area contributed by atoms with Gasteiger partial charge in [0.15, 0.2) is 0 Å². The number of carbonyl (C=O) groups is 1. The van der Waals surface area contributed by atoms with Crippen molar-refractivity contribution >= 4 is 11.6 Å². The van der Waals surface area contributed by atoms with Crippen LogP contribution in [-0.4, -0.2) is 15.7 Å². The van der Waals surface area contributed by atoms with Gasteiger partial charge in [-0.1, -0.05) is 30.3 Å². The molecule has 0 radical (unpaired) electrons. The summed E-state index contributed by atoms with van der Waals surface area (Å²) >= 11 is 0. The van der Waals surface area contributed by atoms with Crippen molar-refractivity contribution in [3.63, 3.8) is 0 Å². The minimum absolute atomic E-state index is 0.274. The third-order valence-corrected chi connectivity index (χ3v) is 5.10. The van der Waals surface area contributed by atoms with Gasteiger partial charge in [-0.2, -0.15) is 5.10 Å². The lowest BCUT2D eigenvalue weighted by atomic mass is 10.0. The molecule has 0 saturated carbocycles. The first kappa shape index (κ1) is 19.5. The second kappa shape index (κ2) is 7.80. The fourth-order valence-corrected chi connectivity index (χ4v) is 3.11. The standard InChI is InChI=1S/C23H25N3O2/c1-14-9-10-19(13-17(14)4)20-11-12-21(27)26(25-20)18(5)23(28)24-22-15(2)7-6-8-16(22)3/h6-13,18H,1-5H3,(H,24,28)/t18-/m0/s1. The van der Waals surface area contributed by atoms with Gasteiger partial charge in [0.2, 0.25) is 5.91 Å². The van der Waals surface area contributed by atoms with Gasteiger partial charge in [-0.25, -0.2) is 4.68 Å². The Morgan fingerprint density at radius 2 is 1.61 bits per heavy atom.